The molecule has 2 heterocycles. The second-order valence-electron chi connectivity index (χ2n) is 5.61. The maximum Gasteiger partial charge on any atom is 0.215 e. The molecule has 2 aliphatic rings. The van der Waals surface area contributed by atoms with Gasteiger partial charge in [0.1, 0.15) is 0 Å². The molecule has 0 saturated carbocycles. The van der Waals surface area contributed by atoms with Gasteiger partial charge in [-0.3, -0.25) is 4.90 Å². The zero-order valence-electron chi connectivity index (χ0n) is 12.0. The van der Waals surface area contributed by atoms with E-state index in [0.29, 0.717) is 25.7 Å². The van der Waals surface area contributed by atoms with Crippen LogP contribution < -0.4 is 5.32 Å². The van der Waals surface area contributed by atoms with Crippen LogP contribution in [-0.4, -0.2) is 68.7 Å². The molecule has 2 rings (SSSR count). The number of sulfonamides is 1. The Morgan fingerprint density at radius 3 is 2.58 bits per heavy atom. The summed E-state index contributed by atoms with van der Waals surface area (Å²) < 4.78 is 26.1. The zero-order valence-corrected chi connectivity index (χ0v) is 12.8. The summed E-state index contributed by atoms with van der Waals surface area (Å²) in [5, 5.41) is 3.16. The molecule has 0 amide bonds. The molecule has 6 heteroatoms. The van der Waals surface area contributed by atoms with Crippen molar-refractivity contribution in [2.24, 2.45) is 0 Å². The molecule has 112 valence electrons. The van der Waals surface area contributed by atoms with Gasteiger partial charge in [0.15, 0.2) is 0 Å². The predicted molar refractivity (Wildman–Crippen MR) is 77.7 cm³/mol. The van der Waals surface area contributed by atoms with Gasteiger partial charge in [-0.15, -0.1) is 0 Å². The predicted octanol–water partition coefficient (Wildman–Crippen LogP) is 0.486. The number of rotatable bonds is 7. The lowest BCUT2D eigenvalue weighted by atomic mass is 10.2. The zero-order chi connectivity index (χ0) is 13.7. The molecule has 2 saturated heterocycles. The minimum atomic E-state index is -3.06. The van der Waals surface area contributed by atoms with Gasteiger partial charge in [-0.25, -0.2) is 12.7 Å². The molecule has 1 unspecified atom stereocenters. The van der Waals surface area contributed by atoms with Crippen molar-refractivity contribution in [1.29, 1.82) is 0 Å². The van der Waals surface area contributed by atoms with Gasteiger partial charge in [-0.05, 0) is 45.3 Å². The molecular formula is C13H27N3O2S. The highest BCUT2D eigenvalue weighted by molar-refractivity contribution is 7.89. The van der Waals surface area contributed by atoms with E-state index in [1.165, 1.54) is 12.8 Å². The maximum atomic E-state index is 12.2. The molecule has 0 aromatic rings. The van der Waals surface area contributed by atoms with E-state index in [-0.39, 0.29) is 5.75 Å². The van der Waals surface area contributed by atoms with Crippen molar-refractivity contribution in [3.63, 3.8) is 0 Å². The Labute approximate surface area is 117 Å². The normalized spacial score (nSPS) is 26.3. The Hall–Kier alpha value is -0.170. The molecule has 5 nitrogen and oxygen atoms in total. The summed E-state index contributed by atoms with van der Waals surface area (Å²) in [5.74, 6) is 0.236. The average molecular weight is 289 g/mol. The van der Waals surface area contributed by atoms with Crippen molar-refractivity contribution >= 4 is 10.0 Å². The smallest absolute Gasteiger partial charge is 0.215 e. The molecule has 0 aliphatic carbocycles. The van der Waals surface area contributed by atoms with Crippen LogP contribution >= 0.6 is 0 Å². The summed E-state index contributed by atoms with van der Waals surface area (Å²) in [7, 11) is -3.06. The van der Waals surface area contributed by atoms with Crippen molar-refractivity contribution in [1.82, 2.24) is 14.5 Å². The average Bonchev–Trinajstić information content (AvgIpc) is 3.03. The number of hydrogen-bond donors (Lipinski definition) is 1. The van der Waals surface area contributed by atoms with Gasteiger partial charge in [-0.2, -0.15) is 0 Å². The molecule has 1 N–H and O–H groups in total. The lowest BCUT2D eigenvalue weighted by Gasteiger charge is -2.23. The van der Waals surface area contributed by atoms with E-state index in [0.717, 1.165) is 32.5 Å². The standard InChI is InChI=1S/C13H27N3O2S/c1-2-6-14-7-11-19(17,18)16-10-5-13(12-16)15-8-3-4-9-15/h13-14H,2-12H2,1H3. The van der Waals surface area contributed by atoms with E-state index in [4.69, 9.17) is 0 Å². The van der Waals surface area contributed by atoms with Crippen LogP contribution in [0.15, 0.2) is 0 Å². The van der Waals surface area contributed by atoms with Crippen molar-refractivity contribution in [2.45, 2.75) is 38.6 Å². The van der Waals surface area contributed by atoms with Gasteiger partial charge in [-0.1, -0.05) is 6.92 Å². The van der Waals surface area contributed by atoms with Gasteiger partial charge in [0.2, 0.25) is 10.0 Å². The first-order valence-electron chi connectivity index (χ1n) is 7.56. The summed E-state index contributed by atoms with van der Waals surface area (Å²) in [4.78, 5) is 2.46. The van der Waals surface area contributed by atoms with Crippen LogP contribution in [0.25, 0.3) is 0 Å². The monoisotopic (exact) mass is 289 g/mol. The molecule has 2 fully saturated rings. The van der Waals surface area contributed by atoms with Crippen molar-refractivity contribution < 1.29 is 8.42 Å². The number of nitrogens with one attached hydrogen (secondary N) is 1. The first kappa shape index (κ1) is 15.2. The van der Waals surface area contributed by atoms with Crippen LogP contribution in [0, 0.1) is 0 Å². The lowest BCUT2D eigenvalue weighted by molar-refractivity contribution is 0.251. The fourth-order valence-corrected chi connectivity index (χ4v) is 4.44. The van der Waals surface area contributed by atoms with Crippen LogP contribution in [-0.2, 0) is 10.0 Å². The van der Waals surface area contributed by atoms with Gasteiger partial charge < -0.3 is 5.32 Å². The Kier molecular flexibility index (Phi) is 5.62. The van der Waals surface area contributed by atoms with E-state index < -0.39 is 10.0 Å². The number of nitrogens with zero attached hydrogens (tertiary/aromatic N) is 2. The van der Waals surface area contributed by atoms with E-state index in [1.807, 2.05) is 0 Å². The van der Waals surface area contributed by atoms with Crippen LogP contribution in [0.2, 0.25) is 0 Å². The summed E-state index contributed by atoms with van der Waals surface area (Å²) in [5.41, 5.74) is 0. The molecule has 0 radical (unpaired) electrons. The third kappa shape index (κ3) is 4.15. The largest absolute Gasteiger partial charge is 0.316 e. The Morgan fingerprint density at radius 1 is 1.16 bits per heavy atom. The van der Waals surface area contributed by atoms with Crippen LogP contribution in [0.1, 0.15) is 32.6 Å². The Balaban J connectivity index is 1.78. The third-order valence-electron chi connectivity index (χ3n) is 4.14. The third-order valence-corrected chi connectivity index (χ3v) is 5.98. The first-order chi connectivity index (χ1) is 9.13. The fourth-order valence-electron chi connectivity index (χ4n) is 3.00. The Bertz CT molecular complexity index is 366. The highest BCUT2D eigenvalue weighted by Crippen LogP contribution is 2.22. The molecule has 0 aromatic heterocycles. The number of hydrogen-bond acceptors (Lipinski definition) is 4. The lowest BCUT2D eigenvalue weighted by Crippen LogP contribution is -2.39. The minimum absolute atomic E-state index is 0.236. The summed E-state index contributed by atoms with van der Waals surface area (Å²) in [6.45, 7) is 7.26. The molecule has 0 spiro atoms. The molecule has 1 atom stereocenters. The second kappa shape index (κ2) is 7.02. The van der Waals surface area contributed by atoms with Gasteiger partial charge in [0, 0.05) is 25.7 Å². The van der Waals surface area contributed by atoms with Gasteiger partial charge in [0.25, 0.3) is 0 Å². The molecule has 19 heavy (non-hydrogen) atoms. The van der Waals surface area contributed by atoms with Crippen LogP contribution in [0.3, 0.4) is 0 Å². The van der Waals surface area contributed by atoms with Crippen LogP contribution in [0.5, 0.6) is 0 Å². The maximum absolute atomic E-state index is 12.2. The van der Waals surface area contributed by atoms with Gasteiger partial charge >= 0.3 is 0 Å². The van der Waals surface area contributed by atoms with Crippen molar-refractivity contribution in [2.75, 3.05) is 45.0 Å². The molecule has 0 bridgehead atoms. The van der Waals surface area contributed by atoms with Crippen molar-refractivity contribution in [3.05, 3.63) is 0 Å². The van der Waals surface area contributed by atoms with Crippen LogP contribution in [0.4, 0.5) is 0 Å². The minimum Gasteiger partial charge on any atom is -0.316 e. The Morgan fingerprint density at radius 2 is 1.89 bits per heavy atom. The first-order valence-corrected chi connectivity index (χ1v) is 9.17. The fraction of sp³-hybridized carbons (Fsp3) is 1.00. The molecular weight excluding hydrogens is 262 g/mol. The topological polar surface area (TPSA) is 52.7 Å². The highest BCUT2D eigenvalue weighted by Gasteiger charge is 2.34. The highest BCUT2D eigenvalue weighted by atomic mass is 32.2. The van der Waals surface area contributed by atoms with E-state index >= 15 is 0 Å². The molecule has 2 aliphatic heterocycles. The summed E-state index contributed by atoms with van der Waals surface area (Å²) in [6.07, 6.45) is 4.58. The van der Waals surface area contributed by atoms with E-state index in [2.05, 4.69) is 17.1 Å². The van der Waals surface area contributed by atoms with E-state index in [1.54, 1.807) is 4.31 Å². The summed E-state index contributed by atoms with van der Waals surface area (Å²) >= 11 is 0. The SMILES string of the molecule is CCCNCCS(=O)(=O)N1CCC(N2CCCC2)C1. The summed E-state index contributed by atoms with van der Waals surface area (Å²) in [6, 6.07) is 0.459. The van der Waals surface area contributed by atoms with Gasteiger partial charge in [0.05, 0.1) is 5.75 Å². The van der Waals surface area contributed by atoms with Crippen molar-refractivity contribution in [3.8, 4) is 0 Å². The second-order valence-corrected chi connectivity index (χ2v) is 7.70. The number of likely N-dealkylation sites (tertiary alicyclic amines) is 1. The van der Waals surface area contributed by atoms with E-state index in [9.17, 15) is 8.42 Å². The molecule has 0 aromatic carbocycles. The quantitative estimate of drug-likeness (QED) is 0.693.